The molecular formula is C13H17NO4. The van der Waals surface area contributed by atoms with Crippen LogP contribution in [0.4, 0.5) is 0 Å². The van der Waals surface area contributed by atoms with Crippen LogP contribution in [0.25, 0.3) is 0 Å². The van der Waals surface area contributed by atoms with Crippen LogP contribution in [0.2, 0.25) is 0 Å². The molecule has 5 heteroatoms. The molecule has 0 aliphatic rings. The number of carbonyl (C=O) groups is 2. The summed E-state index contributed by atoms with van der Waals surface area (Å²) in [7, 11) is 2.63. The molecule has 0 fully saturated rings. The Balaban J connectivity index is 2.86. The number of ether oxygens (including phenoxy) is 2. The lowest BCUT2D eigenvalue weighted by atomic mass is 9.99. The highest BCUT2D eigenvalue weighted by molar-refractivity contribution is 5.89. The van der Waals surface area contributed by atoms with Crippen LogP contribution in [0.15, 0.2) is 18.2 Å². The maximum absolute atomic E-state index is 11.3. The van der Waals surface area contributed by atoms with Gasteiger partial charge >= 0.3 is 11.9 Å². The first-order chi connectivity index (χ1) is 8.49. The number of hydrogen-bond donors (Lipinski definition) is 1. The number of aryl methyl sites for hydroxylation is 1. The van der Waals surface area contributed by atoms with Crippen molar-refractivity contribution in [2.24, 2.45) is 5.73 Å². The summed E-state index contributed by atoms with van der Waals surface area (Å²) in [6.07, 6.45) is 0.375. The van der Waals surface area contributed by atoms with Crippen LogP contribution < -0.4 is 5.73 Å². The topological polar surface area (TPSA) is 78.6 Å². The lowest BCUT2D eigenvalue weighted by Crippen LogP contribution is -2.33. The van der Waals surface area contributed by atoms with E-state index < -0.39 is 12.0 Å². The molecular weight excluding hydrogens is 234 g/mol. The summed E-state index contributed by atoms with van der Waals surface area (Å²) >= 11 is 0. The molecule has 98 valence electrons. The van der Waals surface area contributed by atoms with Crippen molar-refractivity contribution in [1.82, 2.24) is 0 Å². The largest absolute Gasteiger partial charge is 0.468 e. The minimum Gasteiger partial charge on any atom is -0.468 e. The van der Waals surface area contributed by atoms with Gasteiger partial charge in [-0.15, -0.1) is 0 Å². The molecule has 1 aromatic carbocycles. The Labute approximate surface area is 106 Å². The van der Waals surface area contributed by atoms with E-state index in [1.807, 2.05) is 6.92 Å². The Morgan fingerprint density at radius 1 is 1.28 bits per heavy atom. The number of hydrogen-bond acceptors (Lipinski definition) is 5. The molecule has 1 atom stereocenters. The molecule has 0 unspecified atom stereocenters. The van der Waals surface area contributed by atoms with E-state index in [0.29, 0.717) is 12.0 Å². The fourth-order valence-electron chi connectivity index (χ4n) is 1.64. The van der Waals surface area contributed by atoms with Gasteiger partial charge in [0.05, 0.1) is 19.8 Å². The van der Waals surface area contributed by atoms with E-state index >= 15 is 0 Å². The van der Waals surface area contributed by atoms with E-state index in [0.717, 1.165) is 11.1 Å². The van der Waals surface area contributed by atoms with E-state index in [-0.39, 0.29) is 5.97 Å². The molecule has 0 saturated heterocycles. The normalized spacial score (nSPS) is 11.8. The second-order valence-electron chi connectivity index (χ2n) is 3.97. The van der Waals surface area contributed by atoms with Gasteiger partial charge in [-0.3, -0.25) is 4.79 Å². The minimum atomic E-state index is -0.697. The van der Waals surface area contributed by atoms with Crippen LogP contribution in [0, 0.1) is 6.92 Å². The van der Waals surface area contributed by atoms with Crippen LogP contribution in [-0.2, 0) is 20.7 Å². The van der Waals surface area contributed by atoms with Crippen LogP contribution in [0.5, 0.6) is 0 Å². The molecule has 2 N–H and O–H groups in total. The van der Waals surface area contributed by atoms with Crippen molar-refractivity contribution in [1.29, 1.82) is 0 Å². The second kappa shape index (κ2) is 6.16. The molecule has 0 heterocycles. The molecule has 1 aromatic rings. The maximum Gasteiger partial charge on any atom is 0.337 e. The number of rotatable bonds is 4. The molecule has 5 nitrogen and oxygen atoms in total. The number of nitrogens with two attached hydrogens (primary N) is 1. The van der Waals surface area contributed by atoms with Gasteiger partial charge in [0.15, 0.2) is 0 Å². The highest BCUT2D eigenvalue weighted by atomic mass is 16.5. The Morgan fingerprint density at radius 3 is 2.44 bits per heavy atom. The van der Waals surface area contributed by atoms with Gasteiger partial charge in [0.1, 0.15) is 6.04 Å². The van der Waals surface area contributed by atoms with E-state index in [9.17, 15) is 9.59 Å². The summed E-state index contributed by atoms with van der Waals surface area (Å²) in [5, 5.41) is 0. The molecule has 0 amide bonds. The highest BCUT2D eigenvalue weighted by Crippen LogP contribution is 2.14. The zero-order valence-corrected chi connectivity index (χ0v) is 10.7. The number of methoxy groups -OCH3 is 2. The van der Waals surface area contributed by atoms with Gasteiger partial charge in [-0.2, -0.15) is 0 Å². The first-order valence-electron chi connectivity index (χ1n) is 5.50. The summed E-state index contributed by atoms with van der Waals surface area (Å²) in [6.45, 7) is 1.85. The van der Waals surface area contributed by atoms with Crippen LogP contribution >= 0.6 is 0 Å². The lowest BCUT2D eigenvalue weighted by molar-refractivity contribution is -0.142. The number of benzene rings is 1. The molecule has 0 bridgehead atoms. The maximum atomic E-state index is 11.3. The van der Waals surface area contributed by atoms with Gasteiger partial charge in [-0.1, -0.05) is 6.07 Å². The lowest BCUT2D eigenvalue weighted by Gasteiger charge is -2.12. The molecule has 0 spiro atoms. The van der Waals surface area contributed by atoms with Gasteiger partial charge < -0.3 is 15.2 Å². The molecule has 0 saturated carbocycles. The Kier molecular flexibility index (Phi) is 4.85. The molecule has 18 heavy (non-hydrogen) atoms. The summed E-state index contributed by atoms with van der Waals surface area (Å²) in [5.41, 5.74) is 7.95. The fraction of sp³-hybridized carbons (Fsp3) is 0.385. The van der Waals surface area contributed by atoms with Crippen molar-refractivity contribution in [2.75, 3.05) is 14.2 Å². The number of carbonyl (C=O) groups excluding carboxylic acids is 2. The quantitative estimate of drug-likeness (QED) is 0.802. The molecule has 1 rings (SSSR count). The van der Waals surface area contributed by atoms with E-state index in [1.54, 1.807) is 18.2 Å². The molecule has 0 aliphatic heterocycles. The average Bonchev–Trinajstić information content (AvgIpc) is 2.38. The fourth-order valence-corrected chi connectivity index (χ4v) is 1.64. The van der Waals surface area contributed by atoms with Crippen molar-refractivity contribution in [2.45, 2.75) is 19.4 Å². The third kappa shape index (κ3) is 3.30. The monoisotopic (exact) mass is 251 g/mol. The van der Waals surface area contributed by atoms with Crippen LogP contribution in [0.3, 0.4) is 0 Å². The van der Waals surface area contributed by atoms with Crippen molar-refractivity contribution >= 4 is 11.9 Å². The van der Waals surface area contributed by atoms with Gasteiger partial charge in [0.2, 0.25) is 0 Å². The Bertz CT molecular complexity index is 456. The summed E-state index contributed by atoms with van der Waals surface area (Å²) in [4.78, 5) is 22.6. The zero-order valence-electron chi connectivity index (χ0n) is 10.7. The minimum absolute atomic E-state index is 0.375. The van der Waals surface area contributed by atoms with Gasteiger partial charge in [-0.05, 0) is 36.6 Å². The van der Waals surface area contributed by atoms with Crippen molar-refractivity contribution < 1.29 is 19.1 Å². The summed E-state index contributed by atoms with van der Waals surface area (Å²) in [5.74, 6) is -0.839. The Morgan fingerprint density at radius 2 is 1.94 bits per heavy atom. The third-order valence-corrected chi connectivity index (χ3v) is 2.71. The molecule has 0 radical (unpaired) electrons. The van der Waals surface area contributed by atoms with Gasteiger partial charge in [0, 0.05) is 0 Å². The smallest absolute Gasteiger partial charge is 0.337 e. The van der Waals surface area contributed by atoms with Gasteiger partial charge in [0.25, 0.3) is 0 Å². The van der Waals surface area contributed by atoms with Crippen LogP contribution in [0.1, 0.15) is 21.5 Å². The highest BCUT2D eigenvalue weighted by Gasteiger charge is 2.16. The third-order valence-electron chi connectivity index (χ3n) is 2.71. The number of esters is 2. The molecule has 0 aromatic heterocycles. The van der Waals surface area contributed by atoms with Gasteiger partial charge in [-0.25, -0.2) is 4.79 Å². The summed E-state index contributed by atoms with van der Waals surface area (Å²) in [6, 6.07) is 4.44. The average molecular weight is 251 g/mol. The first-order valence-corrected chi connectivity index (χ1v) is 5.50. The predicted molar refractivity (Wildman–Crippen MR) is 66.2 cm³/mol. The van der Waals surface area contributed by atoms with Crippen molar-refractivity contribution in [3.05, 3.63) is 34.9 Å². The second-order valence-corrected chi connectivity index (χ2v) is 3.97. The Hall–Kier alpha value is -1.88. The zero-order chi connectivity index (χ0) is 13.7. The van der Waals surface area contributed by atoms with E-state index in [2.05, 4.69) is 9.47 Å². The standard InChI is InChI=1S/C13H17NO4/c1-8-6-10(12(15)17-2)5-4-9(8)7-11(14)13(16)18-3/h4-6,11H,7,14H2,1-3H3/t11-/m0/s1. The molecule has 0 aliphatic carbocycles. The van der Waals surface area contributed by atoms with E-state index in [4.69, 9.17) is 5.73 Å². The summed E-state index contributed by atoms with van der Waals surface area (Å²) < 4.78 is 9.20. The van der Waals surface area contributed by atoms with Crippen molar-refractivity contribution in [3.63, 3.8) is 0 Å². The van der Waals surface area contributed by atoms with Crippen molar-refractivity contribution in [3.8, 4) is 0 Å². The van der Waals surface area contributed by atoms with E-state index in [1.165, 1.54) is 14.2 Å². The predicted octanol–water partition coefficient (Wildman–Crippen LogP) is 0.824. The first kappa shape index (κ1) is 14.2. The SMILES string of the molecule is COC(=O)c1ccc(C[C@H](N)C(=O)OC)c(C)c1. The van der Waals surface area contributed by atoms with Crippen LogP contribution in [-0.4, -0.2) is 32.2 Å².